The van der Waals surface area contributed by atoms with Gasteiger partial charge in [0.2, 0.25) is 0 Å². The van der Waals surface area contributed by atoms with Crippen molar-refractivity contribution in [1.29, 1.82) is 0 Å². The van der Waals surface area contributed by atoms with Crippen LogP contribution in [0.3, 0.4) is 0 Å². The molecule has 1 saturated heterocycles. The van der Waals surface area contributed by atoms with Gasteiger partial charge >= 0.3 is 0 Å². The highest BCUT2D eigenvalue weighted by Gasteiger charge is 2.62. The number of rotatable bonds is 9. The van der Waals surface area contributed by atoms with E-state index in [-0.39, 0.29) is 5.41 Å². The summed E-state index contributed by atoms with van der Waals surface area (Å²) in [6, 6.07) is 0. The van der Waals surface area contributed by atoms with Crippen LogP contribution in [-0.4, -0.2) is 26.1 Å². The van der Waals surface area contributed by atoms with Crippen molar-refractivity contribution in [2.45, 2.75) is 82.7 Å². The molecule has 0 bridgehead atoms. The van der Waals surface area contributed by atoms with Crippen molar-refractivity contribution in [2.75, 3.05) is 6.61 Å². The lowest BCUT2D eigenvalue weighted by molar-refractivity contribution is -0.188. The first-order valence-corrected chi connectivity index (χ1v) is 10.1. The number of fused-ring (bicyclic) bond motifs is 1. The molecule has 3 unspecified atom stereocenters. The van der Waals surface area contributed by atoms with Gasteiger partial charge in [-0.1, -0.05) is 32.3 Å². The Morgan fingerprint density at radius 3 is 2.77 bits per heavy atom. The van der Waals surface area contributed by atoms with Crippen molar-refractivity contribution in [3.63, 3.8) is 0 Å². The molecule has 1 aliphatic heterocycles. The number of unbranched alkanes of at least 4 members (excludes halogenated alkanes) is 2. The Morgan fingerprint density at radius 2 is 2.09 bits per heavy atom. The summed E-state index contributed by atoms with van der Waals surface area (Å²) >= 11 is 0. The lowest BCUT2D eigenvalue weighted by atomic mass is 9.77. The van der Waals surface area contributed by atoms with Crippen LogP contribution in [0.1, 0.15) is 71.6 Å². The van der Waals surface area contributed by atoms with Crippen LogP contribution in [0, 0.1) is 5.41 Å². The molecule has 0 radical (unpaired) electrons. The average Bonchev–Trinajstić information content (AvgIpc) is 2.92. The third-order valence-electron chi connectivity index (χ3n) is 5.38. The van der Waals surface area contributed by atoms with Gasteiger partial charge in [0.25, 0.3) is 10.1 Å². The first kappa shape index (κ1) is 18.0. The van der Waals surface area contributed by atoms with E-state index in [1.807, 2.05) is 6.08 Å². The van der Waals surface area contributed by atoms with Gasteiger partial charge < -0.3 is 4.74 Å². The predicted octanol–water partition coefficient (Wildman–Crippen LogP) is 4.16. The lowest BCUT2D eigenvalue weighted by Crippen LogP contribution is -2.46. The fraction of sp³-hybridized carbons (Fsp3) is 0.882. The molecule has 3 atom stereocenters. The highest BCUT2D eigenvalue weighted by Crippen LogP contribution is 2.58. The Bertz CT molecular complexity index is 473. The molecule has 0 aromatic rings. The van der Waals surface area contributed by atoms with Gasteiger partial charge in [-0.25, -0.2) is 4.18 Å². The Labute approximate surface area is 135 Å². The van der Waals surface area contributed by atoms with Crippen LogP contribution in [0.15, 0.2) is 12.7 Å². The van der Waals surface area contributed by atoms with Gasteiger partial charge in [-0.15, -0.1) is 6.58 Å². The molecule has 1 saturated carbocycles. The van der Waals surface area contributed by atoms with E-state index < -0.39 is 21.2 Å². The third kappa shape index (κ3) is 3.26. The summed E-state index contributed by atoms with van der Waals surface area (Å²) in [6.45, 7) is 8.27. The molecule has 0 N–H and O–H groups in total. The topological polar surface area (TPSA) is 52.6 Å². The minimum absolute atomic E-state index is 0.203. The first-order chi connectivity index (χ1) is 10.4. The zero-order valence-electron chi connectivity index (χ0n) is 14.0. The fourth-order valence-electron chi connectivity index (χ4n) is 3.95. The monoisotopic (exact) mass is 330 g/mol. The van der Waals surface area contributed by atoms with E-state index in [0.717, 1.165) is 44.9 Å². The minimum Gasteiger partial charge on any atom is -0.348 e. The normalized spacial score (nSPS) is 32.8. The van der Waals surface area contributed by atoms with Gasteiger partial charge in [0.1, 0.15) is 0 Å². The highest BCUT2D eigenvalue weighted by atomic mass is 32.2. The molecule has 0 aromatic heterocycles. The maximum absolute atomic E-state index is 12.6. The van der Waals surface area contributed by atoms with Gasteiger partial charge in [-0.3, -0.25) is 0 Å². The van der Waals surface area contributed by atoms with Crippen molar-refractivity contribution in [2.24, 2.45) is 5.41 Å². The second-order valence-electron chi connectivity index (χ2n) is 6.86. The van der Waals surface area contributed by atoms with Crippen LogP contribution >= 0.6 is 0 Å². The van der Waals surface area contributed by atoms with Crippen molar-refractivity contribution in [3.8, 4) is 0 Å². The van der Waals surface area contributed by atoms with E-state index >= 15 is 0 Å². The van der Waals surface area contributed by atoms with Crippen LogP contribution in [0.25, 0.3) is 0 Å². The second kappa shape index (κ2) is 7.02. The maximum atomic E-state index is 12.6. The first-order valence-electron chi connectivity index (χ1n) is 8.61. The molecule has 5 heteroatoms. The zero-order chi connectivity index (χ0) is 16.3. The third-order valence-corrected chi connectivity index (χ3v) is 7.10. The lowest BCUT2D eigenvalue weighted by Gasteiger charge is -2.38. The summed E-state index contributed by atoms with van der Waals surface area (Å²) in [5.41, 5.74) is -0.203. The molecule has 128 valence electrons. The van der Waals surface area contributed by atoms with Crippen LogP contribution < -0.4 is 0 Å². The standard InChI is InChI=1S/C17H30O4S/c1-4-6-7-9-15(3)22(18,19)21-17-12-8-11-16(17,10-5-2)13-14-20-17/h5,15H,2,4,6-14H2,1,3H3. The fourth-order valence-corrected chi connectivity index (χ4v) is 5.26. The maximum Gasteiger partial charge on any atom is 0.272 e. The summed E-state index contributed by atoms with van der Waals surface area (Å²) in [6.07, 6.45) is 9.78. The summed E-state index contributed by atoms with van der Waals surface area (Å²) in [5.74, 6) is -0.945. The van der Waals surface area contributed by atoms with Crippen LogP contribution in [0.2, 0.25) is 0 Å². The molecule has 1 heterocycles. The van der Waals surface area contributed by atoms with Crippen LogP contribution in [-0.2, 0) is 19.0 Å². The molecule has 2 fully saturated rings. The number of hydrogen-bond donors (Lipinski definition) is 0. The van der Waals surface area contributed by atoms with Gasteiger partial charge in [0.15, 0.2) is 5.79 Å². The Hall–Kier alpha value is -0.390. The van der Waals surface area contributed by atoms with Gasteiger partial charge in [0, 0.05) is 11.8 Å². The molecule has 4 nitrogen and oxygen atoms in total. The van der Waals surface area contributed by atoms with E-state index in [9.17, 15) is 8.42 Å². The highest BCUT2D eigenvalue weighted by molar-refractivity contribution is 7.87. The Balaban J connectivity index is 2.11. The van der Waals surface area contributed by atoms with Crippen molar-refractivity contribution in [1.82, 2.24) is 0 Å². The molecule has 22 heavy (non-hydrogen) atoms. The molecule has 0 spiro atoms. The SMILES string of the molecule is C=CCC12CCCC1(OS(=O)(=O)C(C)CCCCC)OCC2. The van der Waals surface area contributed by atoms with E-state index in [0.29, 0.717) is 19.4 Å². The number of allylic oxidation sites excluding steroid dienone is 1. The second-order valence-corrected chi connectivity index (χ2v) is 8.82. The average molecular weight is 330 g/mol. The van der Waals surface area contributed by atoms with Crippen LogP contribution in [0.4, 0.5) is 0 Å². The smallest absolute Gasteiger partial charge is 0.272 e. The van der Waals surface area contributed by atoms with Crippen molar-refractivity contribution < 1.29 is 17.3 Å². The molecular formula is C17H30O4S. The number of hydrogen-bond acceptors (Lipinski definition) is 4. The molecule has 2 rings (SSSR count). The van der Waals surface area contributed by atoms with E-state index in [1.165, 1.54) is 0 Å². The van der Waals surface area contributed by atoms with Crippen molar-refractivity contribution in [3.05, 3.63) is 12.7 Å². The van der Waals surface area contributed by atoms with Gasteiger partial charge in [0.05, 0.1) is 11.9 Å². The van der Waals surface area contributed by atoms with Crippen LogP contribution in [0.5, 0.6) is 0 Å². The molecule has 0 amide bonds. The summed E-state index contributed by atoms with van der Waals surface area (Å²) < 4.78 is 36.9. The predicted molar refractivity (Wildman–Crippen MR) is 88.0 cm³/mol. The summed E-state index contributed by atoms with van der Waals surface area (Å²) in [5, 5.41) is -0.473. The molecular weight excluding hydrogens is 300 g/mol. The largest absolute Gasteiger partial charge is 0.348 e. The Kier molecular flexibility index (Phi) is 5.73. The molecule has 0 aromatic carbocycles. The molecule has 1 aliphatic carbocycles. The summed E-state index contributed by atoms with van der Waals surface area (Å²) in [4.78, 5) is 0. The zero-order valence-corrected chi connectivity index (χ0v) is 14.8. The van der Waals surface area contributed by atoms with E-state index in [1.54, 1.807) is 6.92 Å². The van der Waals surface area contributed by atoms with Gasteiger partial charge in [-0.05, 0) is 39.0 Å². The van der Waals surface area contributed by atoms with E-state index in [2.05, 4.69) is 13.5 Å². The Morgan fingerprint density at radius 1 is 1.32 bits per heavy atom. The quantitative estimate of drug-likeness (QED) is 0.362. The van der Waals surface area contributed by atoms with Gasteiger partial charge in [-0.2, -0.15) is 8.42 Å². The molecule has 2 aliphatic rings. The summed E-state index contributed by atoms with van der Waals surface area (Å²) in [7, 11) is -3.60. The number of ether oxygens (including phenoxy) is 1. The van der Waals surface area contributed by atoms with E-state index in [4.69, 9.17) is 8.92 Å². The minimum atomic E-state index is -3.60. The van der Waals surface area contributed by atoms with Crippen molar-refractivity contribution >= 4 is 10.1 Å².